The molecule has 4 N–H and O–H groups in total. The highest BCUT2D eigenvalue weighted by Gasteiger charge is 2.37. The van der Waals surface area contributed by atoms with Crippen LogP contribution in [-0.4, -0.2) is 63.5 Å². The Balaban J connectivity index is 0.00000221. The first-order valence-electron chi connectivity index (χ1n) is 15.7. The number of anilines is 2. The van der Waals surface area contributed by atoms with Crippen LogP contribution in [0.15, 0.2) is 35.5 Å². The molecule has 1 saturated heterocycles. The molecular formula is C31H48Cl2N8O2S. The summed E-state index contributed by atoms with van der Waals surface area (Å²) < 4.78 is 31.0. The topological polar surface area (TPSA) is 136 Å². The molecule has 3 fully saturated rings. The molecule has 2 saturated carbocycles. The fraction of sp³-hybridized carbons (Fsp3) is 0.645. The average molecular weight is 668 g/mol. The number of nitrogens with two attached hydrogens (primary N) is 2. The van der Waals surface area contributed by atoms with Gasteiger partial charge in [0.1, 0.15) is 5.52 Å². The molecular weight excluding hydrogens is 619 g/mol. The van der Waals surface area contributed by atoms with E-state index in [2.05, 4.69) is 35.2 Å². The van der Waals surface area contributed by atoms with Crippen LogP contribution in [0, 0.1) is 0 Å². The van der Waals surface area contributed by atoms with Gasteiger partial charge in [0.05, 0.1) is 11.2 Å². The van der Waals surface area contributed by atoms with Crippen LogP contribution in [0.1, 0.15) is 96.6 Å². The smallest absolute Gasteiger partial charge is 0.243 e. The van der Waals surface area contributed by atoms with E-state index in [9.17, 15) is 8.42 Å². The minimum atomic E-state index is -3.58. The highest BCUT2D eigenvalue weighted by atomic mass is 35.5. The van der Waals surface area contributed by atoms with Gasteiger partial charge in [-0.2, -0.15) is 14.3 Å². The van der Waals surface area contributed by atoms with Gasteiger partial charge < -0.3 is 20.9 Å². The third kappa shape index (κ3) is 6.82. The standard InChI is InChI=1S/C31H46N8O2S.2ClH/c1-31(2,3)21-8-14-26(15-9-21)42(40,41)37-18-16-25(17-19-37)39(24-12-10-22(32)11-13-24)30-35-28(33)27-29(36-30)38(20-34-27)23-6-4-5-7-23;;/h8-9,14-15,20,22-25H,4-7,10-13,16-19,32H2,1-3H3,(H2,33,35,36);2*1H/t22-,24-;;. The maximum atomic E-state index is 13.6. The molecule has 0 radical (unpaired) electrons. The number of nitrogen functional groups attached to an aromatic ring is 1. The molecule has 0 spiro atoms. The number of imidazole rings is 1. The third-order valence-electron chi connectivity index (χ3n) is 9.70. The van der Waals surface area contributed by atoms with E-state index >= 15 is 0 Å². The zero-order chi connectivity index (χ0) is 29.6. The molecule has 244 valence electrons. The summed E-state index contributed by atoms with van der Waals surface area (Å²) in [6.45, 7) is 7.29. The normalized spacial score (nSPS) is 22.5. The number of rotatable bonds is 6. The average Bonchev–Trinajstić information content (AvgIpc) is 3.65. The highest BCUT2D eigenvalue weighted by molar-refractivity contribution is 7.89. The largest absolute Gasteiger partial charge is 0.382 e. The molecule has 6 rings (SSSR count). The summed E-state index contributed by atoms with van der Waals surface area (Å²) in [6.07, 6.45) is 11.8. The zero-order valence-corrected chi connectivity index (χ0v) is 28.5. The van der Waals surface area contributed by atoms with E-state index in [0.29, 0.717) is 54.2 Å². The van der Waals surface area contributed by atoms with Crippen LogP contribution in [0.2, 0.25) is 0 Å². The van der Waals surface area contributed by atoms with Crippen molar-refractivity contribution in [2.75, 3.05) is 23.7 Å². The minimum Gasteiger partial charge on any atom is -0.382 e. The number of benzene rings is 1. The Kier molecular flexibility index (Phi) is 10.8. The van der Waals surface area contributed by atoms with Crippen LogP contribution in [0.5, 0.6) is 0 Å². The Bertz CT molecular complexity index is 1500. The summed E-state index contributed by atoms with van der Waals surface area (Å²) in [5, 5.41) is 0. The van der Waals surface area contributed by atoms with E-state index in [1.807, 2.05) is 18.5 Å². The Morgan fingerprint density at radius 2 is 1.45 bits per heavy atom. The van der Waals surface area contributed by atoms with E-state index in [0.717, 1.165) is 49.7 Å². The molecule has 3 aromatic rings. The van der Waals surface area contributed by atoms with E-state index < -0.39 is 10.0 Å². The van der Waals surface area contributed by atoms with E-state index in [4.69, 9.17) is 21.4 Å². The Labute approximate surface area is 274 Å². The first-order chi connectivity index (χ1) is 20.0. The minimum absolute atomic E-state index is 0. The lowest BCUT2D eigenvalue weighted by Gasteiger charge is -2.44. The predicted molar refractivity (Wildman–Crippen MR) is 181 cm³/mol. The summed E-state index contributed by atoms with van der Waals surface area (Å²) in [5.41, 5.74) is 15.4. The number of sulfonamides is 1. The second-order valence-electron chi connectivity index (χ2n) is 13.6. The van der Waals surface area contributed by atoms with Crippen LogP contribution >= 0.6 is 24.8 Å². The molecule has 2 aliphatic carbocycles. The lowest BCUT2D eigenvalue weighted by Crippen LogP contribution is -2.52. The van der Waals surface area contributed by atoms with Gasteiger partial charge >= 0.3 is 0 Å². The Morgan fingerprint density at radius 1 is 0.864 bits per heavy atom. The number of nitrogens with zero attached hydrogens (tertiary/aromatic N) is 6. The number of aromatic nitrogens is 4. The van der Waals surface area contributed by atoms with Crippen molar-refractivity contribution in [3.05, 3.63) is 36.2 Å². The van der Waals surface area contributed by atoms with Gasteiger partial charge in [-0.15, -0.1) is 24.8 Å². The van der Waals surface area contributed by atoms with Gasteiger partial charge in [-0.3, -0.25) is 0 Å². The molecule has 0 atom stereocenters. The molecule has 3 heterocycles. The van der Waals surface area contributed by atoms with Crippen molar-refractivity contribution >= 4 is 57.8 Å². The quantitative estimate of drug-likeness (QED) is 0.347. The number of piperidine rings is 1. The van der Waals surface area contributed by atoms with E-state index in [-0.39, 0.29) is 48.4 Å². The molecule has 1 aromatic carbocycles. The number of halogens is 2. The molecule has 3 aliphatic rings. The first kappa shape index (κ1) is 34.7. The Hall–Kier alpha value is -2.18. The first-order valence-corrected chi connectivity index (χ1v) is 17.1. The van der Waals surface area contributed by atoms with Gasteiger partial charge in [0.15, 0.2) is 11.5 Å². The molecule has 13 heteroatoms. The number of hydrogen-bond donors (Lipinski definition) is 2. The maximum Gasteiger partial charge on any atom is 0.243 e. The van der Waals surface area contributed by atoms with Gasteiger partial charge in [-0.1, -0.05) is 45.7 Å². The summed E-state index contributed by atoms with van der Waals surface area (Å²) in [7, 11) is -3.58. The van der Waals surface area contributed by atoms with Gasteiger partial charge in [0, 0.05) is 37.3 Å². The van der Waals surface area contributed by atoms with Crippen molar-refractivity contribution in [1.29, 1.82) is 0 Å². The van der Waals surface area contributed by atoms with Crippen molar-refractivity contribution in [2.45, 2.75) is 119 Å². The van der Waals surface area contributed by atoms with Gasteiger partial charge in [0.25, 0.3) is 0 Å². The summed E-state index contributed by atoms with van der Waals surface area (Å²) >= 11 is 0. The third-order valence-corrected chi connectivity index (χ3v) is 11.6. The fourth-order valence-corrected chi connectivity index (χ4v) is 8.60. The fourth-order valence-electron chi connectivity index (χ4n) is 7.13. The molecule has 0 bridgehead atoms. The van der Waals surface area contributed by atoms with Crippen LogP contribution in [0.25, 0.3) is 11.2 Å². The van der Waals surface area contributed by atoms with Crippen molar-refractivity contribution < 1.29 is 8.42 Å². The van der Waals surface area contributed by atoms with E-state index in [1.54, 1.807) is 16.4 Å². The lowest BCUT2D eigenvalue weighted by atomic mass is 9.87. The van der Waals surface area contributed by atoms with Crippen LogP contribution in [0.3, 0.4) is 0 Å². The number of hydrogen-bond acceptors (Lipinski definition) is 8. The molecule has 1 aliphatic heterocycles. The van der Waals surface area contributed by atoms with Crippen molar-refractivity contribution in [1.82, 2.24) is 23.8 Å². The monoisotopic (exact) mass is 666 g/mol. The van der Waals surface area contributed by atoms with Gasteiger partial charge in [-0.05, 0) is 74.5 Å². The molecule has 10 nitrogen and oxygen atoms in total. The van der Waals surface area contributed by atoms with Gasteiger partial charge in [0.2, 0.25) is 16.0 Å². The predicted octanol–water partition coefficient (Wildman–Crippen LogP) is 5.59. The summed E-state index contributed by atoms with van der Waals surface area (Å²) in [4.78, 5) is 17.2. The lowest BCUT2D eigenvalue weighted by molar-refractivity contribution is 0.277. The molecule has 44 heavy (non-hydrogen) atoms. The number of fused-ring (bicyclic) bond motifs is 1. The molecule has 0 amide bonds. The highest BCUT2D eigenvalue weighted by Crippen LogP contribution is 2.36. The van der Waals surface area contributed by atoms with Gasteiger partial charge in [-0.25, -0.2) is 13.4 Å². The van der Waals surface area contributed by atoms with Crippen LogP contribution < -0.4 is 16.4 Å². The summed E-state index contributed by atoms with van der Waals surface area (Å²) in [5.74, 6) is 1.04. The van der Waals surface area contributed by atoms with Crippen LogP contribution in [-0.2, 0) is 15.4 Å². The zero-order valence-electron chi connectivity index (χ0n) is 26.1. The molecule has 0 unspecified atom stereocenters. The van der Waals surface area contributed by atoms with Crippen molar-refractivity contribution in [3.8, 4) is 0 Å². The Morgan fingerprint density at radius 3 is 2.05 bits per heavy atom. The second kappa shape index (κ2) is 13.7. The van der Waals surface area contributed by atoms with E-state index in [1.165, 1.54) is 12.8 Å². The van der Waals surface area contributed by atoms with Crippen molar-refractivity contribution in [3.63, 3.8) is 0 Å². The summed E-state index contributed by atoms with van der Waals surface area (Å²) in [6, 6.07) is 8.33. The van der Waals surface area contributed by atoms with Crippen LogP contribution in [0.4, 0.5) is 11.8 Å². The molecule has 2 aromatic heterocycles. The SMILES string of the molecule is CC(C)(C)c1ccc(S(=O)(=O)N2CCC(N(c3nc(N)c4ncn(C5CCCC5)c4n3)[C@H]3CC[C@H](N)CC3)CC2)cc1.Cl.Cl. The van der Waals surface area contributed by atoms with Crippen molar-refractivity contribution in [2.24, 2.45) is 5.73 Å². The second-order valence-corrected chi connectivity index (χ2v) is 15.5. The maximum absolute atomic E-state index is 13.6.